The monoisotopic (exact) mass is 430 g/mol. The smallest absolute Gasteiger partial charge is 0.339 e. The average Bonchev–Trinajstić information content (AvgIpc) is 3.19. The second-order valence-corrected chi connectivity index (χ2v) is 7.94. The minimum absolute atomic E-state index is 0.135. The predicted octanol–water partition coefficient (Wildman–Crippen LogP) is 1.87. The van der Waals surface area contributed by atoms with Gasteiger partial charge in [-0.2, -0.15) is 0 Å². The van der Waals surface area contributed by atoms with Crippen LogP contribution in [0.5, 0.6) is 0 Å². The molecule has 1 aromatic rings. The molecule has 166 valence electrons. The first kappa shape index (κ1) is 22.5. The number of carbonyl (C=O) groups excluding carboxylic acids is 5. The zero-order valence-corrected chi connectivity index (χ0v) is 18.2. The first-order valence-corrected chi connectivity index (χ1v) is 10.1. The van der Waals surface area contributed by atoms with Gasteiger partial charge in [-0.1, -0.05) is 12.2 Å². The molecule has 31 heavy (non-hydrogen) atoms. The number of amides is 2. The van der Waals surface area contributed by atoms with Crippen LogP contribution in [0.3, 0.4) is 0 Å². The lowest BCUT2D eigenvalue weighted by atomic mass is 9.85. The number of nitrogens with zero attached hydrogens (tertiary/aromatic N) is 1. The third-order valence-electron chi connectivity index (χ3n) is 6.01. The third-order valence-corrected chi connectivity index (χ3v) is 6.01. The number of hydrogen-bond acceptors (Lipinski definition) is 7. The van der Waals surface area contributed by atoms with E-state index in [-0.39, 0.29) is 23.1 Å². The first-order valence-electron chi connectivity index (χ1n) is 10.1. The molecule has 1 N–H and O–H groups in total. The van der Waals surface area contributed by atoms with E-state index in [0.717, 1.165) is 4.90 Å². The normalized spacial score (nSPS) is 22.2. The molecule has 1 aliphatic heterocycles. The summed E-state index contributed by atoms with van der Waals surface area (Å²) >= 11 is 0. The molecule has 1 aliphatic carbocycles. The Kier molecular flexibility index (Phi) is 6.15. The summed E-state index contributed by atoms with van der Waals surface area (Å²) in [7, 11) is 1.24. The van der Waals surface area contributed by atoms with Gasteiger partial charge >= 0.3 is 11.9 Å². The van der Waals surface area contributed by atoms with E-state index in [1.807, 2.05) is 12.2 Å². The Hall–Kier alpha value is -3.23. The number of fused-ring (bicyclic) bond motifs is 1. The number of aromatic nitrogens is 1. The van der Waals surface area contributed by atoms with E-state index in [1.165, 1.54) is 21.0 Å². The fourth-order valence-electron chi connectivity index (χ4n) is 4.25. The van der Waals surface area contributed by atoms with Gasteiger partial charge in [-0.25, -0.2) is 9.59 Å². The van der Waals surface area contributed by atoms with Crippen molar-refractivity contribution in [3.05, 3.63) is 34.7 Å². The van der Waals surface area contributed by atoms with Crippen LogP contribution in [0.2, 0.25) is 0 Å². The lowest BCUT2D eigenvalue weighted by molar-refractivity contribution is -0.159. The highest BCUT2D eigenvalue weighted by atomic mass is 16.5. The molecule has 1 fully saturated rings. The Bertz CT molecular complexity index is 964. The van der Waals surface area contributed by atoms with Gasteiger partial charge in [-0.15, -0.1) is 0 Å². The van der Waals surface area contributed by atoms with Crippen molar-refractivity contribution in [3.8, 4) is 0 Å². The van der Waals surface area contributed by atoms with Gasteiger partial charge in [-0.3, -0.25) is 19.3 Å². The van der Waals surface area contributed by atoms with Gasteiger partial charge in [0.2, 0.25) is 17.6 Å². The van der Waals surface area contributed by atoms with Crippen LogP contribution in [0.4, 0.5) is 0 Å². The van der Waals surface area contributed by atoms with E-state index >= 15 is 0 Å². The van der Waals surface area contributed by atoms with E-state index < -0.39 is 41.7 Å². The maximum absolute atomic E-state index is 12.8. The van der Waals surface area contributed by atoms with Crippen LogP contribution in [0, 0.1) is 25.7 Å². The lowest BCUT2D eigenvalue weighted by Crippen LogP contribution is -2.45. The number of hydrogen-bond donors (Lipinski definition) is 1. The summed E-state index contributed by atoms with van der Waals surface area (Å²) in [5.74, 6) is -3.63. The van der Waals surface area contributed by atoms with Crippen LogP contribution in [-0.4, -0.2) is 58.7 Å². The Morgan fingerprint density at radius 2 is 1.61 bits per heavy atom. The van der Waals surface area contributed by atoms with Gasteiger partial charge in [-0.05, 0) is 46.1 Å². The number of ketones is 1. The van der Waals surface area contributed by atoms with Gasteiger partial charge in [0, 0.05) is 5.69 Å². The summed E-state index contributed by atoms with van der Waals surface area (Å²) in [6, 6.07) is -1.14. The minimum atomic E-state index is -1.19. The molecular weight excluding hydrogens is 404 g/mol. The number of likely N-dealkylation sites (tertiary alicyclic amines) is 1. The Labute approximate surface area is 179 Å². The van der Waals surface area contributed by atoms with Crippen molar-refractivity contribution in [3.63, 3.8) is 0 Å². The fraction of sp³-hybridized carbons (Fsp3) is 0.500. The number of esters is 2. The maximum Gasteiger partial charge on any atom is 0.339 e. The maximum atomic E-state index is 12.8. The van der Waals surface area contributed by atoms with Gasteiger partial charge < -0.3 is 14.5 Å². The van der Waals surface area contributed by atoms with Gasteiger partial charge in [0.05, 0.1) is 30.2 Å². The standard InChI is InChI=1S/C22H26N2O7/c1-10-16(22(29)30-5)11(2)23-17(10)18(25)13(4)31-21(28)12(3)24-19(26)14-8-6-7-9-15(14)20(24)27/h6-7,12-15,23H,8-9H2,1-5H3/t12-,13-,14-,15-/m0/s1. The van der Waals surface area contributed by atoms with Crippen LogP contribution in [-0.2, 0) is 23.9 Å². The largest absolute Gasteiger partial charge is 0.465 e. The van der Waals surface area contributed by atoms with Crippen LogP contribution >= 0.6 is 0 Å². The average molecular weight is 430 g/mol. The molecule has 9 nitrogen and oxygen atoms in total. The summed E-state index contributed by atoms with van der Waals surface area (Å²) in [6.45, 7) is 6.04. The summed E-state index contributed by atoms with van der Waals surface area (Å²) in [4.78, 5) is 66.6. The molecule has 0 unspecified atom stereocenters. The quantitative estimate of drug-likeness (QED) is 0.316. The number of methoxy groups -OCH3 is 1. The van der Waals surface area contributed by atoms with Crippen molar-refractivity contribution >= 4 is 29.5 Å². The highest BCUT2D eigenvalue weighted by Gasteiger charge is 2.50. The number of rotatable bonds is 6. The van der Waals surface area contributed by atoms with Gasteiger partial charge in [0.1, 0.15) is 6.04 Å². The number of aromatic amines is 1. The van der Waals surface area contributed by atoms with E-state index in [0.29, 0.717) is 24.1 Å². The highest BCUT2D eigenvalue weighted by Crippen LogP contribution is 2.36. The predicted molar refractivity (Wildman–Crippen MR) is 108 cm³/mol. The summed E-state index contributed by atoms with van der Waals surface area (Å²) in [5, 5.41) is 0. The number of nitrogens with one attached hydrogen (secondary N) is 1. The van der Waals surface area contributed by atoms with Crippen molar-refractivity contribution in [1.82, 2.24) is 9.88 Å². The summed E-state index contributed by atoms with van der Waals surface area (Å²) in [5.41, 5.74) is 1.24. The van der Waals surface area contributed by atoms with Gasteiger partial charge in [0.15, 0.2) is 6.10 Å². The second kappa shape index (κ2) is 8.49. The molecule has 0 aromatic carbocycles. The van der Waals surface area contributed by atoms with Crippen LogP contribution in [0.25, 0.3) is 0 Å². The van der Waals surface area contributed by atoms with E-state index in [1.54, 1.807) is 13.8 Å². The Morgan fingerprint density at radius 1 is 1.06 bits per heavy atom. The number of carbonyl (C=O) groups is 5. The number of ether oxygens (including phenoxy) is 2. The first-order chi connectivity index (χ1) is 14.6. The highest BCUT2D eigenvalue weighted by molar-refractivity contribution is 6.08. The minimum Gasteiger partial charge on any atom is -0.465 e. The van der Waals surface area contributed by atoms with Crippen LogP contribution in [0.15, 0.2) is 12.2 Å². The fourth-order valence-corrected chi connectivity index (χ4v) is 4.25. The van der Waals surface area contributed by atoms with Crippen molar-refractivity contribution < 1.29 is 33.4 Å². The summed E-state index contributed by atoms with van der Waals surface area (Å²) < 4.78 is 10.0. The number of allylic oxidation sites excluding steroid dienone is 2. The van der Waals surface area contributed by atoms with Crippen molar-refractivity contribution in [2.75, 3.05) is 7.11 Å². The number of imide groups is 1. The van der Waals surface area contributed by atoms with E-state index in [9.17, 15) is 24.0 Å². The molecular formula is C22H26N2O7. The van der Waals surface area contributed by atoms with E-state index in [4.69, 9.17) is 9.47 Å². The van der Waals surface area contributed by atoms with Crippen molar-refractivity contribution in [2.45, 2.75) is 52.7 Å². The van der Waals surface area contributed by atoms with Crippen molar-refractivity contribution in [2.24, 2.45) is 11.8 Å². The molecule has 0 bridgehead atoms. The number of aryl methyl sites for hydroxylation is 1. The molecule has 4 atom stereocenters. The third kappa shape index (κ3) is 3.80. The molecule has 1 saturated heterocycles. The molecule has 1 aromatic heterocycles. The van der Waals surface area contributed by atoms with Crippen LogP contribution < -0.4 is 0 Å². The zero-order chi connectivity index (χ0) is 23.0. The molecule has 2 heterocycles. The second-order valence-electron chi connectivity index (χ2n) is 7.94. The zero-order valence-electron chi connectivity index (χ0n) is 18.2. The molecule has 0 spiro atoms. The van der Waals surface area contributed by atoms with Crippen molar-refractivity contribution in [1.29, 1.82) is 0 Å². The Morgan fingerprint density at radius 3 is 2.13 bits per heavy atom. The van der Waals surface area contributed by atoms with Gasteiger partial charge in [0.25, 0.3) is 0 Å². The molecule has 3 rings (SSSR count). The molecule has 2 amide bonds. The molecule has 9 heteroatoms. The van der Waals surface area contributed by atoms with E-state index in [2.05, 4.69) is 4.98 Å². The summed E-state index contributed by atoms with van der Waals surface area (Å²) in [6.07, 6.45) is 3.48. The molecule has 0 radical (unpaired) electrons. The topological polar surface area (TPSA) is 123 Å². The molecule has 0 saturated carbocycles. The number of H-pyrrole nitrogens is 1. The lowest BCUT2D eigenvalue weighted by Gasteiger charge is -2.23. The van der Waals surface area contributed by atoms with Crippen LogP contribution in [0.1, 0.15) is 58.8 Å². The number of Topliss-reactive ketones (excluding diaryl/α,β-unsaturated/α-hetero) is 1. The SMILES string of the molecule is COC(=O)c1c(C)[nH]c(C(=O)[C@H](C)OC(=O)[C@H](C)N2C(=O)[C@H]3CC=CC[C@@H]3C2=O)c1C. The molecule has 2 aliphatic rings. The Balaban J connectivity index is 1.72.